The second-order valence-corrected chi connectivity index (χ2v) is 9.20. The predicted molar refractivity (Wildman–Crippen MR) is 109 cm³/mol. The van der Waals surface area contributed by atoms with Crippen molar-refractivity contribution in [3.63, 3.8) is 0 Å². The zero-order valence-electron chi connectivity index (χ0n) is 17.0. The summed E-state index contributed by atoms with van der Waals surface area (Å²) in [5, 5.41) is 21.7. The average molecular weight is 379 g/mol. The number of rotatable bonds is 1. The fourth-order valence-corrected chi connectivity index (χ4v) is 3.43. The molecule has 1 aliphatic rings. The highest BCUT2D eigenvalue weighted by molar-refractivity contribution is 6.61. The fourth-order valence-electron chi connectivity index (χ4n) is 3.43. The van der Waals surface area contributed by atoms with Gasteiger partial charge in [0.05, 0.1) is 5.57 Å². The average Bonchev–Trinajstić information content (AvgIpc) is 2.59. The molecule has 5 heteroatoms. The van der Waals surface area contributed by atoms with Crippen molar-refractivity contribution in [2.45, 2.75) is 52.4 Å². The van der Waals surface area contributed by atoms with E-state index in [0.29, 0.717) is 16.7 Å². The molecular formula is C23H25NO4. The number of ketones is 2. The number of nitrogens with zero attached hydrogens (tertiary/aromatic N) is 1. The molecule has 0 aliphatic heterocycles. The number of carbonyl (C=O) groups is 2. The van der Waals surface area contributed by atoms with Gasteiger partial charge in [-0.3, -0.25) is 14.6 Å². The zero-order chi connectivity index (χ0) is 21.0. The second kappa shape index (κ2) is 6.30. The smallest absolute Gasteiger partial charge is 0.252 e. The van der Waals surface area contributed by atoms with Crippen molar-refractivity contribution in [1.29, 1.82) is 0 Å². The van der Waals surface area contributed by atoms with Crippen molar-refractivity contribution in [2.24, 2.45) is 0 Å². The SMILES string of the molecule is CC(C)(C)c1cc(C2=C(O)c3cccnc3C(=O)C2=O)cc(C(C)(C)C)c1O. The highest BCUT2D eigenvalue weighted by Gasteiger charge is 2.36. The van der Waals surface area contributed by atoms with Crippen LogP contribution in [0.2, 0.25) is 0 Å². The maximum Gasteiger partial charge on any atom is 0.252 e. The quantitative estimate of drug-likeness (QED) is 0.709. The number of hydrogen-bond acceptors (Lipinski definition) is 5. The lowest BCUT2D eigenvalue weighted by molar-refractivity contribution is -0.110. The van der Waals surface area contributed by atoms with Crippen LogP contribution in [0.25, 0.3) is 11.3 Å². The van der Waals surface area contributed by atoms with Gasteiger partial charge in [0.2, 0.25) is 5.78 Å². The van der Waals surface area contributed by atoms with Crippen LogP contribution in [0.4, 0.5) is 0 Å². The minimum Gasteiger partial charge on any atom is -0.507 e. The van der Waals surface area contributed by atoms with Crippen LogP contribution in [-0.2, 0) is 15.6 Å². The lowest BCUT2D eigenvalue weighted by Gasteiger charge is -2.29. The van der Waals surface area contributed by atoms with E-state index >= 15 is 0 Å². The molecule has 1 heterocycles. The van der Waals surface area contributed by atoms with Crippen molar-refractivity contribution in [2.75, 3.05) is 0 Å². The second-order valence-electron chi connectivity index (χ2n) is 9.20. The molecule has 0 saturated heterocycles. The Bertz CT molecular complexity index is 998. The third kappa shape index (κ3) is 3.11. The largest absolute Gasteiger partial charge is 0.507 e. The van der Waals surface area contributed by atoms with Gasteiger partial charge in [-0.25, -0.2) is 0 Å². The van der Waals surface area contributed by atoms with E-state index in [0.717, 1.165) is 0 Å². The maximum atomic E-state index is 12.8. The molecule has 0 unspecified atom stereocenters. The predicted octanol–water partition coefficient (Wildman–Crippen LogP) is 4.57. The summed E-state index contributed by atoms with van der Waals surface area (Å²) in [5.41, 5.74) is 1.04. The van der Waals surface area contributed by atoms with Crippen molar-refractivity contribution < 1.29 is 19.8 Å². The maximum absolute atomic E-state index is 12.8. The molecule has 146 valence electrons. The molecule has 1 aromatic heterocycles. The van der Waals surface area contributed by atoms with Gasteiger partial charge in [0.25, 0.3) is 5.78 Å². The lowest BCUT2D eigenvalue weighted by atomic mass is 9.76. The highest BCUT2D eigenvalue weighted by Crippen LogP contribution is 2.42. The Morgan fingerprint density at radius 2 is 1.39 bits per heavy atom. The van der Waals surface area contributed by atoms with Gasteiger partial charge in [-0.1, -0.05) is 41.5 Å². The summed E-state index contributed by atoms with van der Waals surface area (Å²) in [6.07, 6.45) is 1.41. The van der Waals surface area contributed by atoms with E-state index in [1.807, 2.05) is 41.5 Å². The number of benzene rings is 1. The highest BCUT2D eigenvalue weighted by atomic mass is 16.3. The molecule has 0 spiro atoms. The van der Waals surface area contributed by atoms with E-state index in [1.165, 1.54) is 6.20 Å². The minimum atomic E-state index is -0.797. The Labute approximate surface area is 164 Å². The Kier molecular flexibility index (Phi) is 4.45. The van der Waals surface area contributed by atoms with Crippen LogP contribution in [0.15, 0.2) is 30.5 Å². The number of allylic oxidation sites excluding steroid dienone is 1. The first-order valence-corrected chi connectivity index (χ1v) is 9.20. The van der Waals surface area contributed by atoms with Gasteiger partial charge in [0.15, 0.2) is 0 Å². The first-order valence-electron chi connectivity index (χ1n) is 9.20. The van der Waals surface area contributed by atoms with Gasteiger partial charge in [0.1, 0.15) is 17.2 Å². The van der Waals surface area contributed by atoms with Crippen molar-refractivity contribution in [3.05, 3.63) is 58.4 Å². The summed E-state index contributed by atoms with van der Waals surface area (Å²) in [5.74, 6) is -1.64. The van der Waals surface area contributed by atoms with Crippen LogP contribution in [0.5, 0.6) is 5.75 Å². The van der Waals surface area contributed by atoms with Crippen LogP contribution < -0.4 is 0 Å². The Hall–Kier alpha value is -2.95. The molecule has 3 rings (SSSR count). The fraction of sp³-hybridized carbons (Fsp3) is 0.348. The van der Waals surface area contributed by atoms with E-state index in [9.17, 15) is 19.8 Å². The molecule has 0 radical (unpaired) electrons. The molecule has 0 amide bonds. The van der Waals surface area contributed by atoms with Crippen molar-refractivity contribution in [1.82, 2.24) is 4.98 Å². The van der Waals surface area contributed by atoms with Gasteiger partial charge in [-0.05, 0) is 40.7 Å². The van der Waals surface area contributed by atoms with E-state index in [4.69, 9.17) is 0 Å². The molecule has 0 saturated carbocycles. The van der Waals surface area contributed by atoms with Crippen LogP contribution in [0.3, 0.4) is 0 Å². The Balaban J connectivity index is 2.38. The standard InChI is InChI=1S/C23H25NO4/c1-22(2,3)14-10-12(11-15(19(14)26)23(4,5)6)16-18(25)13-8-7-9-24-17(13)21(28)20(16)27/h7-11,25-26H,1-6H3. The van der Waals surface area contributed by atoms with Crippen LogP contribution in [0, 0.1) is 0 Å². The molecule has 1 aliphatic carbocycles. The molecule has 0 fully saturated rings. The van der Waals surface area contributed by atoms with E-state index < -0.39 is 22.4 Å². The first-order chi connectivity index (χ1) is 12.8. The molecule has 0 bridgehead atoms. The topological polar surface area (TPSA) is 87.5 Å². The summed E-state index contributed by atoms with van der Waals surface area (Å²) >= 11 is 0. The third-order valence-electron chi connectivity index (χ3n) is 4.96. The number of phenols is 1. The summed E-state index contributed by atoms with van der Waals surface area (Å²) < 4.78 is 0. The molecule has 5 nitrogen and oxygen atoms in total. The number of hydrogen-bond donors (Lipinski definition) is 2. The molecule has 0 atom stereocenters. The van der Waals surface area contributed by atoms with Crippen molar-refractivity contribution >= 4 is 22.9 Å². The number of aliphatic hydroxyl groups is 1. The first kappa shape index (κ1) is 19.8. The summed E-state index contributed by atoms with van der Waals surface area (Å²) in [4.78, 5) is 29.4. The Morgan fingerprint density at radius 1 is 0.857 bits per heavy atom. The minimum absolute atomic E-state index is 0.0420. The number of pyridine rings is 1. The van der Waals surface area contributed by atoms with Gasteiger partial charge < -0.3 is 10.2 Å². The monoisotopic (exact) mass is 379 g/mol. The molecule has 1 aromatic carbocycles. The van der Waals surface area contributed by atoms with Crippen molar-refractivity contribution in [3.8, 4) is 5.75 Å². The number of aliphatic hydroxyl groups excluding tert-OH is 1. The van der Waals surface area contributed by atoms with E-state index in [1.54, 1.807) is 24.3 Å². The van der Waals surface area contributed by atoms with Gasteiger partial charge in [0, 0.05) is 22.9 Å². The van der Waals surface area contributed by atoms with Gasteiger partial charge in [-0.2, -0.15) is 0 Å². The molecule has 2 aromatic rings. The number of Topliss-reactive ketones (excluding diaryl/α,β-unsaturated/α-hetero) is 2. The van der Waals surface area contributed by atoms with Crippen LogP contribution in [-0.4, -0.2) is 26.8 Å². The van der Waals surface area contributed by atoms with E-state index in [2.05, 4.69) is 4.98 Å². The normalized spacial score (nSPS) is 15.1. The number of aromatic nitrogens is 1. The third-order valence-corrected chi connectivity index (χ3v) is 4.96. The van der Waals surface area contributed by atoms with Crippen LogP contribution >= 0.6 is 0 Å². The molecular weight excluding hydrogens is 354 g/mol. The van der Waals surface area contributed by atoms with Crippen LogP contribution in [0.1, 0.15) is 74.3 Å². The van der Waals surface area contributed by atoms with Gasteiger partial charge in [-0.15, -0.1) is 0 Å². The molecule has 2 N–H and O–H groups in total. The summed E-state index contributed by atoms with van der Waals surface area (Å²) in [6, 6.07) is 6.54. The zero-order valence-corrected chi connectivity index (χ0v) is 17.0. The Morgan fingerprint density at radius 3 is 1.89 bits per heavy atom. The number of fused-ring (bicyclic) bond motifs is 1. The van der Waals surface area contributed by atoms with Gasteiger partial charge >= 0.3 is 0 Å². The summed E-state index contributed by atoms with van der Waals surface area (Å²) in [6.45, 7) is 11.7. The number of phenolic OH excluding ortho intramolecular Hbond substituents is 1. The van der Waals surface area contributed by atoms with E-state index in [-0.39, 0.29) is 28.3 Å². The number of aromatic hydroxyl groups is 1. The lowest BCUT2D eigenvalue weighted by Crippen LogP contribution is -2.25. The molecule has 28 heavy (non-hydrogen) atoms. The summed E-state index contributed by atoms with van der Waals surface area (Å²) in [7, 11) is 0. The number of carbonyl (C=O) groups excluding carboxylic acids is 2.